The Morgan fingerprint density at radius 1 is 0.778 bits per heavy atom. The average molecular weight is 250 g/mol. The van der Waals surface area contributed by atoms with Crippen LogP contribution >= 0.6 is 0 Å². The van der Waals surface area contributed by atoms with E-state index in [9.17, 15) is 0 Å². The first-order valence-electron chi connectivity index (χ1n) is 8.36. The van der Waals surface area contributed by atoms with E-state index in [2.05, 4.69) is 10.6 Å². The van der Waals surface area contributed by atoms with Crippen LogP contribution in [0.2, 0.25) is 0 Å². The maximum absolute atomic E-state index is 4.09. The molecule has 1 saturated heterocycles. The molecule has 3 rings (SSSR count). The molecule has 2 N–H and O–H groups in total. The minimum atomic E-state index is 0.706. The van der Waals surface area contributed by atoms with E-state index >= 15 is 0 Å². The minimum Gasteiger partial charge on any atom is -0.317 e. The molecule has 2 unspecified atom stereocenters. The molecule has 2 heteroatoms. The number of nitrogens with one attached hydrogen (secondary N) is 2. The molecule has 18 heavy (non-hydrogen) atoms. The number of rotatable bonds is 2. The lowest BCUT2D eigenvalue weighted by molar-refractivity contribution is 0.118. The summed E-state index contributed by atoms with van der Waals surface area (Å²) in [4.78, 5) is 0. The Balaban J connectivity index is 1.61. The van der Waals surface area contributed by atoms with Gasteiger partial charge in [0.1, 0.15) is 0 Å². The molecule has 3 aliphatic rings. The van der Waals surface area contributed by atoms with E-state index in [1.165, 1.54) is 83.7 Å². The summed E-state index contributed by atoms with van der Waals surface area (Å²) in [5, 5.41) is 7.63. The van der Waals surface area contributed by atoms with Gasteiger partial charge in [-0.15, -0.1) is 0 Å². The van der Waals surface area contributed by atoms with Crippen LogP contribution in [0.15, 0.2) is 0 Å². The Labute approximate surface area is 112 Å². The van der Waals surface area contributed by atoms with Crippen LogP contribution in [-0.4, -0.2) is 25.2 Å². The van der Waals surface area contributed by atoms with Gasteiger partial charge in [0.05, 0.1) is 0 Å². The standard InChI is InChI=1S/C16H30N2/c1-2-9-16(10-3-4-11-16)15(7-1)18-14-6-5-12-17-13-8-14/h14-15,17-18H,1-13H2. The van der Waals surface area contributed by atoms with Crippen molar-refractivity contribution in [1.82, 2.24) is 10.6 Å². The first-order chi connectivity index (χ1) is 8.89. The predicted octanol–water partition coefficient (Wildman–Crippen LogP) is 3.22. The summed E-state index contributed by atoms with van der Waals surface area (Å²) < 4.78 is 0. The second-order valence-electron chi connectivity index (χ2n) is 6.91. The van der Waals surface area contributed by atoms with Gasteiger partial charge in [-0.25, -0.2) is 0 Å². The van der Waals surface area contributed by atoms with Crippen molar-refractivity contribution in [2.45, 2.75) is 82.7 Å². The Morgan fingerprint density at radius 2 is 1.56 bits per heavy atom. The normalized spacial score (nSPS) is 36.7. The molecule has 2 aliphatic carbocycles. The Hall–Kier alpha value is -0.0800. The van der Waals surface area contributed by atoms with Gasteiger partial charge in [0, 0.05) is 12.1 Å². The summed E-state index contributed by atoms with van der Waals surface area (Å²) >= 11 is 0. The van der Waals surface area contributed by atoms with E-state index in [4.69, 9.17) is 0 Å². The van der Waals surface area contributed by atoms with Gasteiger partial charge < -0.3 is 10.6 Å². The lowest BCUT2D eigenvalue weighted by atomic mass is 9.69. The molecule has 0 aromatic heterocycles. The lowest BCUT2D eigenvalue weighted by Crippen LogP contribution is -2.50. The van der Waals surface area contributed by atoms with Crippen molar-refractivity contribution < 1.29 is 0 Å². The molecule has 0 amide bonds. The molecule has 0 radical (unpaired) electrons. The largest absolute Gasteiger partial charge is 0.317 e. The SMILES string of the molecule is C1CNCCC(NC2CCCCC23CCCC3)C1. The van der Waals surface area contributed by atoms with Gasteiger partial charge in [0.2, 0.25) is 0 Å². The molecule has 1 spiro atoms. The molecule has 0 aromatic rings. The van der Waals surface area contributed by atoms with Gasteiger partial charge >= 0.3 is 0 Å². The molecule has 3 fully saturated rings. The van der Waals surface area contributed by atoms with Gasteiger partial charge in [-0.3, -0.25) is 0 Å². The molecule has 2 nitrogen and oxygen atoms in total. The molecular formula is C16H30N2. The van der Waals surface area contributed by atoms with Crippen LogP contribution in [0.4, 0.5) is 0 Å². The average Bonchev–Trinajstić information content (AvgIpc) is 2.70. The monoisotopic (exact) mass is 250 g/mol. The minimum absolute atomic E-state index is 0.706. The Bertz CT molecular complexity index is 250. The van der Waals surface area contributed by atoms with Crippen molar-refractivity contribution >= 4 is 0 Å². The van der Waals surface area contributed by atoms with Crippen LogP contribution in [0.5, 0.6) is 0 Å². The van der Waals surface area contributed by atoms with E-state index in [1.54, 1.807) is 0 Å². The van der Waals surface area contributed by atoms with Crippen molar-refractivity contribution in [3.05, 3.63) is 0 Å². The van der Waals surface area contributed by atoms with E-state index in [1.807, 2.05) is 0 Å². The molecule has 0 bridgehead atoms. The van der Waals surface area contributed by atoms with Crippen LogP contribution < -0.4 is 10.6 Å². The molecule has 1 heterocycles. The zero-order valence-corrected chi connectivity index (χ0v) is 11.8. The third-order valence-electron chi connectivity index (χ3n) is 5.77. The summed E-state index contributed by atoms with van der Waals surface area (Å²) in [6, 6.07) is 1.64. The van der Waals surface area contributed by atoms with Crippen molar-refractivity contribution in [2.24, 2.45) is 5.41 Å². The van der Waals surface area contributed by atoms with Crippen molar-refractivity contribution in [3.8, 4) is 0 Å². The predicted molar refractivity (Wildman–Crippen MR) is 76.8 cm³/mol. The van der Waals surface area contributed by atoms with Crippen LogP contribution in [-0.2, 0) is 0 Å². The quantitative estimate of drug-likeness (QED) is 0.786. The third kappa shape index (κ3) is 2.75. The summed E-state index contributed by atoms with van der Waals surface area (Å²) in [5.41, 5.74) is 0.706. The second kappa shape index (κ2) is 5.92. The molecule has 2 saturated carbocycles. The number of hydrogen-bond acceptors (Lipinski definition) is 2. The second-order valence-corrected chi connectivity index (χ2v) is 6.91. The smallest absolute Gasteiger partial charge is 0.0126 e. The zero-order valence-electron chi connectivity index (χ0n) is 11.8. The third-order valence-corrected chi connectivity index (χ3v) is 5.77. The maximum Gasteiger partial charge on any atom is 0.0126 e. The summed E-state index contributed by atoms with van der Waals surface area (Å²) in [5.74, 6) is 0. The first-order valence-corrected chi connectivity index (χ1v) is 8.36. The molecule has 104 valence electrons. The summed E-state index contributed by atoms with van der Waals surface area (Å²) in [6.45, 7) is 2.45. The fraction of sp³-hybridized carbons (Fsp3) is 1.00. The van der Waals surface area contributed by atoms with Crippen LogP contribution in [0.25, 0.3) is 0 Å². The number of hydrogen-bond donors (Lipinski definition) is 2. The highest BCUT2D eigenvalue weighted by Gasteiger charge is 2.42. The lowest BCUT2D eigenvalue weighted by Gasteiger charge is -2.44. The molecular weight excluding hydrogens is 220 g/mol. The van der Waals surface area contributed by atoms with Gasteiger partial charge in [0.15, 0.2) is 0 Å². The van der Waals surface area contributed by atoms with Gasteiger partial charge in [-0.05, 0) is 63.5 Å². The fourth-order valence-electron chi connectivity index (χ4n) is 4.71. The molecule has 1 aliphatic heterocycles. The van der Waals surface area contributed by atoms with E-state index in [0.717, 1.165) is 12.1 Å². The summed E-state index contributed by atoms with van der Waals surface area (Å²) in [6.07, 6.45) is 16.0. The summed E-state index contributed by atoms with van der Waals surface area (Å²) in [7, 11) is 0. The van der Waals surface area contributed by atoms with Gasteiger partial charge in [-0.2, -0.15) is 0 Å². The van der Waals surface area contributed by atoms with E-state index < -0.39 is 0 Å². The topological polar surface area (TPSA) is 24.1 Å². The van der Waals surface area contributed by atoms with E-state index in [0.29, 0.717) is 5.41 Å². The van der Waals surface area contributed by atoms with Crippen LogP contribution in [0, 0.1) is 5.41 Å². The van der Waals surface area contributed by atoms with Crippen LogP contribution in [0.3, 0.4) is 0 Å². The molecule has 2 atom stereocenters. The maximum atomic E-state index is 4.09. The Kier molecular flexibility index (Phi) is 4.25. The highest BCUT2D eigenvalue weighted by atomic mass is 15.0. The van der Waals surface area contributed by atoms with Gasteiger partial charge in [-0.1, -0.05) is 25.7 Å². The first kappa shape index (κ1) is 12.9. The van der Waals surface area contributed by atoms with Crippen LogP contribution in [0.1, 0.15) is 70.6 Å². The van der Waals surface area contributed by atoms with Crippen molar-refractivity contribution in [2.75, 3.05) is 13.1 Å². The van der Waals surface area contributed by atoms with Gasteiger partial charge in [0.25, 0.3) is 0 Å². The van der Waals surface area contributed by atoms with Crippen molar-refractivity contribution in [3.63, 3.8) is 0 Å². The highest BCUT2D eigenvalue weighted by molar-refractivity contribution is 4.98. The zero-order chi connectivity index (χ0) is 12.3. The van der Waals surface area contributed by atoms with Crippen molar-refractivity contribution in [1.29, 1.82) is 0 Å². The van der Waals surface area contributed by atoms with E-state index in [-0.39, 0.29) is 0 Å². The Morgan fingerprint density at radius 3 is 2.39 bits per heavy atom. The molecule has 0 aromatic carbocycles. The highest BCUT2D eigenvalue weighted by Crippen LogP contribution is 2.49. The fourth-order valence-corrected chi connectivity index (χ4v) is 4.71.